The van der Waals surface area contributed by atoms with Gasteiger partial charge in [-0.2, -0.15) is 0 Å². The van der Waals surface area contributed by atoms with Crippen LogP contribution >= 0.6 is 34.8 Å². The second-order valence-corrected chi connectivity index (χ2v) is 8.76. The molecule has 2 N–H and O–H groups in total. The highest BCUT2D eigenvalue weighted by molar-refractivity contribution is 6.36. The summed E-state index contributed by atoms with van der Waals surface area (Å²) in [6.07, 6.45) is 0.137. The second-order valence-electron chi connectivity index (χ2n) is 7.51. The van der Waals surface area contributed by atoms with Crippen molar-refractivity contribution in [1.82, 2.24) is 5.43 Å². The van der Waals surface area contributed by atoms with Crippen LogP contribution in [0.15, 0.2) is 66.7 Å². The van der Waals surface area contributed by atoms with Gasteiger partial charge in [-0.25, -0.2) is 0 Å². The van der Waals surface area contributed by atoms with E-state index in [1.807, 2.05) is 0 Å². The predicted molar refractivity (Wildman–Crippen MR) is 131 cm³/mol. The highest BCUT2D eigenvalue weighted by atomic mass is 35.5. The fourth-order valence-corrected chi connectivity index (χ4v) is 4.11. The van der Waals surface area contributed by atoms with Crippen LogP contribution in [-0.2, 0) is 16.2 Å². The van der Waals surface area contributed by atoms with Crippen LogP contribution in [0.25, 0.3) is 0 Å². The van der Waals surface area contributed by atoms with Gasteiger partial charge in [-0.1, -0.05) is 46.9 Å². The molecule has 3 aromatic carbocycles. The lowest BCUT2D eigenvalue weighted by molar-refractivity contribution is -0.125. The molecular formula is C24H20Cl3N3O3. The van der Waals surface area contributed by atoms with Gasteiger partial charge in [0.05, 0.1) is 11.6 Å². The smallest absolute Gasteiger partial charge is 0.243 e. The standard InChI is InChI=1S/C24H20Cl3N3O3/c25-16-7-9-18(10-8-16)30-13-15(11-23(30)31)24(32)29-28-17-3-1-4-19(12-17)33-14-20-21(26)5-2-6-22(20)27/h1-10,12,15,28H,11,13-14H2,(H,29,32)/t15-/m1/s1. The first-order valence-electron chi connectivity index (χ1n) is 10.2. The van der Waals surface area contributed by atoms with E-state index in [9.17, 15) is 9.59 Å². The van der Waals surface area contributed by atoms with Gasteiger partial charge in [-0.3, -0.25) is 20.4 Å². The molecule has 1 aliphatic rings. The molecule has 0 aromatic heterocycles. The Balaban J connectivity index is 1.32. The summed E-state index contributed by atoms with van der Waals surface area (Å²) in [5, 5.41) is 1.65. The van der Waals surface area contributed by atoms with E-state index in [4.69, 9.17) is 39.5 Å². The number of hydrazine groups is 1. The normalized spacial score (nSPS) is 15.4. The number of nitrogens with zero attached hydrogens (tertiary/aromatic N) is 1. The van der Waals surface area contributed by atoms with Gasteiger partial charge in [-0.05, 0) is 48.5 Å². The Morgan fingerprint density at radius 1 is 1.00 bits per heavy atom. The number of anilines is 2. The number of carbonyl (C=O) groups is 2. The van der Waals surface area contributed by atoms with Gasteiger partial charge in [0.25, 0.3) is 0 Å². The molecule has 33 heavy (non-hydrogen) atoms. The average Bonchev–Trinajstić information content (AvgIpc) is 3.19. The van der Waals surface area contributed by atoms with E-state index in [1.54, 1.807) is 71.6 Å². The Bertz CT molecular complexity index is 1150. The van der Waals surface area contributed by atoms with Crippen molar-refractivity contribution in [3.63, 3.8) is 0 Å². The number of amides is 2. The minimum atomic E-state index is -0.470. The highest BCUT2D eigenvalue weighted by Gasteiger charge is 2.35. The highest BCUT2D eigenvalue weighted by Crippen LogP contribution is 2.28. The number of benzene rings is 3. The molecule has 4 rings (SSSR count). The molecular weight excluding hydrogens is 485 g/mol. The quantitative estimate of drug-likeness (QED) is 0.404. The maximum absolute atomic E-state index is 12.6. The Hall–Kier alpha value is -2.93. The van der Waals surface area contributed by atoms with Crippen LogP contribution in [0.1, 0.15) is 12.0 Å². The molecule has 1 atom stereocenters. The molecule has 3 aromatic rings. The molecule has 0 radical (unpaired) electrons. The Kier molecular flexibility index (Phi) is 7.28. The van der Waals surface area contributed by atoms with E-state index in [-0.39, 0.29) is 24.8 Å². The zero-order chi connectivity index (χ0) is 23.4. The Morgan fingerprint density at radius 3 is 2.42 bits per heavy atom. The summed E-state index contributed by atoms with van der Waals surface area (Å²) < 4.78 is 5.80. The fourth-order valence-electron chi connectivity index (χ4n) is 3.48. The van der Waals surface area contributed by atoms with Crippen LogP contribution < -0.4 is 20.5 Å². The molecule has 6 nitrogen and oxygen atoms in total. The molecule has 170 valence electrons. The van der Waals surface area contributed by atoms with Gasteiger partial charge < -0.3 is 9.64 Å². The second kappa shape index (κ2) is 10.3. The minimum absolute atomic E-state index is 0.105. The van der Waals surface area contributed by atoms with Crippen LogP contribution in [0.5, 0.6) is 5.75 Å². The molecule has 9 heteroatoms. The molecule has 0 bridgehead atoms. The van der Waals surface area contributed by atoms with Gasteiger partial charge >= 0.3 is 0 Å². The van der Waals surface area contributed by atoms with Crippen LogP contribution in [-0.4, -0.2) is 18.4 Å². The molecule has 2 amide bonds. The Morgan fingerprint density at radius 2 is 1.70 bits per heavy atom. The summed E-state index contributed by atoms with van der Waals surface area (Å²) >= 11 is 18.3. The molecule has 1 heterocycles. The molecule has 0 spiro atoms. The van der Waals surface area contributed by atoms with E-state index in [0.29, 0.717) is 38.6 Å². The van der Waals surface area contributed by atoms with Gasteiger partial charge in [0.1, 0.15) is 12.4 Å². The molecule has 1 fully saturated rings. The summed E-state index contributed by atoms with van der Waals surface area (Å²) in [5.74, 6) is -0.266. The number of carbonyl (C=O) groups excluding carboxylic acids is 2. The predicted octanol–water partition coefficient (Wildman–Crippen LogP) is 5.72. The lowest BCUT2D eigenvalue weighted by Gasteiger charge is -2.17. The number of ether oxygens (including phenoxy) is 1. The molecule has 0 aliphatic carbocycles. The number of hydrogen-bond donors (Lipinski definition) is 2. The molecule has 0 saturated carbocycles. The topological polar surface area (TPSA) is 70.7 Å². The zero-order valence-electron chi connectivity index (χ0n) is 17.4. The maximum Gasteiger partial charge on any atom is 0.243 e. The van der Waals surface area contributed by atoms with E-state index in [2.05, 4.69) is 10.9 Å². The van der Waals surface area contributed by atoms with Crippen LogP contribution in [0.4, 0.5) is 11.4 Å². The van der Waals surface area contributed by atoms with Crippen molar-refractivity contribution >= 4 is 58.0 Å². The van der Waals surface area contributed by atoms with Gasteiger partial charge in [-0.15, -0.1) is 0 Å². The van der Waals surface area contributed by atoms with Crippen molar-refractivity contribution in [2.24, 2.45) is 5.92 Å². The summed E-state index contributed by atoms with van der Waals surface area (Å²) in [6, 6.07) is 19.3. The number of nitrogens with one attached hydrogen (secondary N) is 2. The third-order valence-electron chi connectivity index (χ3n) is 5.24. The summed E-state index contributed by atoms with van der Waals surface area (Å²) in [6.45, 7) is 0.509. The van der Waals surface area contributed by atoms with E-state index < -0.39 is 5.92 Å². The van der Waals surface area contributed by atoms with Crippen LogP contribution in [0.3, 0.4) is 0 Å². The molecule has 0 unspecified atom stereocenters. The van der Waals surface area contributed by atoms with Gasteiger partial charge in [0.2, 0.25) is 11.8 Å². The number of rotatable bonds is 7. The van der Waals surface area contributed by atoms with Gasteiger partial charge in [0, 0.05) is 45.4 Å². The van der Waals surface area contributed by atoms with Gasteiger partial charge in [0.15, 0.2) is 0 Å². The first kappa shape index (κ1) is 23.2. The summed E-state index contributed by atoms with van der Waals surface area (Å²) in [4.78, 5) is 26.6. The Labute approximate surface area is 206 Å². The van der Waals surface area contributed by atoms with E-state index in [1.165, 1.54) is 0 Å². The summed E-state index contributed by atoms with van der Waals surface area (Å²) in [7, 11) is 0. The van der Waals surface area contributed by atoms with Crippen molar-refractivity contribution in [2.75, 3.05) is 16.9 Å². The monoisotopic (exact) mass is 503 g/mol. The van der Waals surface area contributed by atoms with Crippen LogP contribution in [0.2, 0.25) is 15.1 Å². The summed E-state index contributed by atoms with van der Waals surface area (Å²) in [5.41, 5.74) is 7.60. The van der Waals surface area contributed by atoms with E-state index in [0.717, 1.165) is 5.69 Å². The van der Waals surface area contributed by atoms with Crippen molar-refractivity contribution in [2.45, 2.75) is 13.0 Å². The number of hydrogen-bond acceptors (Lipinski definition) is 4. The third kappa shape index (κ3) is 5.71. The third-order valence-corrected chi connectivity index (χ3v) is 6.20. The average molecular weight is 505 g/mol. The number of halogens is 3. The molecule has 1 aliphatic heterocycles. The van der Waals surface area contributed by atoms with Crippen molar-refractivity contribution < 1.29 is 14.3 Å². The van der Waals surface area contributed by atoms with Crippen molar-refractivity contribution in [3.05, 3.63) is 87.4 Å². The van der Waals surface area contributed by atoms with Crippen LogP contribution in [0, 0.1) is 5.92 Å². The zero-order valence-corrected chi connectivity index (χ0v) is 19.6. The maximum atomic E-state index is 12.6. The first-order chi connectivity index (χ1) is 15.9. The lowest BCUT2D eigenvalue weighted by Crippen LogP contribution is -2.36. The minimum Gasteiger partial charge on any atom is -0.489 e. The molecule has 1 saturated heterocycles. The van der Waals surface area contributed by atoms with Crippen molar-refractivity contribution in [1.29, 1.82) is 0 Å². The fraction of sp³-hybridized carbons (Fsp3) is 0.167. The van der Waals surface area contributed by atoms with E-state index >= 15 is 0 Å². The lowest BCUT2D eigenvalue weighted by atomic mass is 10.1. The first-order valence-corrected chi connectivity index (χ1v) is 11.3. The SMILES string of the molecule is O=C(NNc1cccc(OCc2c(Cl)cccc2Cl)c1)[C@@H]1CC(=O)N(c2ccc(Cl)cc2)C1. The van der Waals surface area contributed by atoms with Crippen molar-refractivity contribution in [3.8, 4) is 5.75 Å². The largest absolute Gasteiger partial charge is 0.489 e.